The average Bonchev–Trinajstić information content (AvgIpc) is 2.49. The van der Waals surface area contributed by atoms with E-state index < -0.39 is 4.92 Å². The van der Waals surface area contributed by atoms with Crippen LogP contribution in [0.5, 0.6) is 11.5 Å². The molecule has 0 saturated heterocycles. The van der Waals surface area contributed by atoms with Gasteiger partial charge in [0.05, 0.1) is 11.5 Å². The van der Waals surface area contributed by atoms with Crippen molar-refractivity contribution in [2.24, 2.45) is 0 Å². The van der Waals surface area contributed by atoms with Crippen molar-refractivity contribution in [3.63, 3.8) is 0 Å². The molecule has 2 aromatic rings. The summed E-state index contributed by atoms with van der Waals surface area (Å²) in [6.45, 7) is 3.66. The van der Waals surface area contributed by atoms with Crippen LogP contribution in [0.25, 0.3) is 0 Å². The van der Waals surface area contributed by atoms with Gasteiger partial charge >= 0.3 is 5.69 Å². The van der Waals surface area contributed by atoms with Gasteiger partial charge in [-0.2, -0.15) is 0 Å². The zero-order valence-electron chi connectivity index (χ0n) is 12.0. The second kappa shape index (κ2) is 6.37. The van der Waals surface area contributed by atoms with Crippen LogP contribution in [0.3, 0.4) is 0 Å². The minimum Gasteiger partial charge on any atom is -0.450 e. The molecule has 0 bridgehead atoms. The Morgan fingerprint density at radius 1 is 1.19 bits per heavy atom. The normalized spacial score (nSPS) is 10.4. The minimum atomic E-state index is -0.457. The van der Waals surface area contributed by atoms with E-state index in [4.69, 9.17) is 4.74 Å². The van der Waals surface area contributed by atoms with Gasteiger partial charge in [0.15, 0.2) is 0 Å². The SMILES string of the molecule is CCc1ccc(Oc2ccc(C)cc2CO)c([N+](=O)[O-])c1. The van der Waals surface area contributed by atoms with Gasteiger partial charge in [-0.05, 0) is 31.0 Å². The van der Waals surface area contributed by atoms with Gasteiger partial charge in [0.2, 0.25) is 5.75 Å². The smallest absolute Gasteiger partial charge is 0.311 e. The van der Waals surface area contributed by atoms with Crippen molar-refractivity contribution in [3.05, 3.63) is 63.2 Å². The summed E-state index contributed by atoms with van der Waals surface area (Å²) >= 11 is 0. The molecule has 110 valence electrons. The van der Waals surface area contributed by atoms with Crippen LogP contribution < -0.4 is 4.74 Å². The lowest BCUT2D eigenvalue weighted by Crippen LogP contribution is -1.97. The topological polar surface area (TPSA) is 72.6 Å². The Labute approximate surface area is 123 Å². The quantitative estimate of drug-likeness (QED) is 0.671. The highest BCUT2D eigenvalue weighted by Gasteiger charge is 2.17. The maximum absolute atomic E-state index is 11.2. The van der Waals surface area contributed by atoms with E-state index in [0.29, 0.717) is 17.7 Å². The van der Waals surface area contributed by atoms with E-state index in [1.165, 1.54) is 6.07 Å². The van der Waals surface area contributed by atoms with Gasteiger partial charge in [-0.15, -0.1) is 0 Å². The highest BCUT2D eigenvalue weighted by atomic mass is 16.6. The third-order valence-corrected chi connectivity index (χ3v) is 3.23. The summed E-state index contributed by atoms with van der Waals surface area (Å²) in [7, 11) is 0. The van der Waals surface area contributed by atoms with E-state index in [0.717, 1.165) is 11.1 Å². The maximum atomic E-state index is 11.2. The molecule has 0 unspecified atom stereocenters. The molecule has 5 nitrogen and oxygen atoms in total. The first-order valence-corrected chi connectivity index (χ1v) is 6.70. The van der Waals surface area contributed by atoms with Crippen LogP contribution in [0.1, 0.15) is 23.6 Å². The lowest BCUT2D eigenvalue weighted by atomic mass is 10.1. The summed E-state index contributed by atoms with van der Waals surface area (Å²) in [6.07, 6.45) is 0.716. The molecule has 1 N–H and O–H groups in total. The molecule has 21 heavy (non-hydrogen) atoms. The van der Waals surface area contributed by atoms with E-state index in [2.05, 4.69) is 0 Å². The monoisotopic (exact) mass is 287 g/mol. The van der Waals surface area contributed by atoms with Crippen molar-refractivity contribution in [2.75, 3.05) is 0 Å². The molecule has 5 heteroatoms. The molecule has 0 aliphatic rings. The van der Waals surface area contributed by atoms with E-state index in [9.17, 15) is 15.2 Å². The summed E-state index contributed by atoms with van der Waals surface area (Å²) in [5, 5.41) is 20.5. The summed E-state index contributed by atoms with van der Waals surface area (Å²) in [5.41, 5.74) is 2.39. The number of hydrogen-bond acceptors (Lipinski definition) is 4. The van der Waals surface area contributed by atoms with Gasteiger partial charge in [-0.3, -0.25) is 10.1 Å². The van der Waals surface area contributed by atoms with Crippen LogP contribution >= 0.6 is 0 Å². The molecule has 0 heterocycles. The Bertz CT molecular complexity index is 667. The Morgan fingerprint density at radius 2 is 1.90 bits per heavy atom. The molecule has 0 amide bonds. The van der Waals surface area contributed by atoms with Crippen molar-refractivity contribution in [2.45, 2.75) is 26.9 Å². The van der Waals surface area contributed by atoms with E-state index >= 15 is 0 Å². The molecule has 2 rings (SSSR count). The molecular weight excluding hydrogens is 270 g/mol. The number of hydrogen-bond donors (Lipinski definition) is 1. The fourth-order valence-corrected chi connectivity index (χ4v) is 2.06. The fourth-order valence-electron chi connectivity index (χ4n) is 2.06. The Kier molecular flexibility index (Phi) is 4.55. The highest BCUT2D eigenvalue weighted by Crippen LogP contribution is 2.34. The molecule has 0 atom stereocenters. The number of nitrogens with zero attached hydrogens (tertiary/aromatic N) is 1. The van der Waals surface area contributed by atoms with Crippen molar-refractivity contribution >= 4 is 5.69 Å². The number of benzene rings is 2. The second-order valence-electron chi connectivity index (χ2n) is 4.78. The molecular formula is C16H17NO4. The minimum absolute atomic E-state index is 0.0705. The Hall–Kier alpha value is -2.40. The van der Waals surface area contributed by atoms with Crippen molar-refractivity contribution in [3.8, 4) is 11.5 Å². The third-order valence-electron chi connectivity index (χ3n) is 3.23. The molecule has 0 aliphatic carbocycles. The van der Waals surface area contributed by atoms with Gasteiger partial charge in [0.1, 0.15) is 5.75 Å². The largest absolute Gasteiger partial charge is 0.450 e. The maximum Gasteiger partial charge on any atom is 0.311 e. The number of rotatable bonds is 5. The average molecular weight is 287 g/mol. The number of nitro benzene ring substituents is 1. The van der Waals surface area contributed by atoms with Gasteiger partial charge in [0.25, 0.3) is 0 Å². The van der Waals surface area contributed by atoms with Crippen LogP contribution in [0, 0.1) is 17.0 Å². The zero-order chi connectivity index (χ0) is 15.4. The molecule has 0 fully saturated rings. The molecule has 0 aromatic heterocycles. The van der Waals surface area contributed by atoms with Crippen molar-refractivity contribution in [1.29, 1.82) is 0 Å². The van der Waals surface area contributed by atoms with Gasteiger partial charge < -0.3 is 9.84 Å². The third kappa shape index (κ3) is 3.38. The van der Waals surface area contributed by atoms with E-state index in [1.807, 2.05) is 19.9 Å². The van der Waals surface area contributed by atoms with Gasteiger partial charge in [-0.1, -0.05) is 30.7 Å². The lowest BCUT2D eigenvalue weighted by molar-refractivity contribution is -0.385. The molecule has 0 saturated carbocycles. The van der Waals surface area contributed by atoms with Gasteiger partial charge in [-0.25, -0.2) is 0 Å². The summed E-state index contributed by atoms with van der Waals surface area (Å²) in [5.74, 6) is 0.603. The molecule has 0 aliphatic heterocycles. The summed E-state index contributed by atoms with van der Waals surface area (Å²) in [4.78, 5) is 10.7. The number of ether oxygens (including phenoxy) is 1. The Morgan fingerprint density at radius 3 is 2.52 bits per heavy atom. The number of aliphatic hydroxyl groups is 1. The lowest BCUT2D eigenvalue weighted by Gasteiger charge is -2.11. The van der Waals surface area contributed by atoms with Crippen LogP contribution in [0.2, 0.25) is 0 Å². The number of aryl methyl sites for hydroxylation is 2. The fraction of sp³-hybridized carbons (Fsp3) is 0.250. The van der Waals surface area contributed by atoms with Crippen LogP contribution in [0.4, 0.5) is 5.69 Å². The van der Waals surface area contributed by atoms with Crippen molar-refractivity contribution in [1.82, 2.24) is 0 Å². The first-order valence-electron chi connectivity index (χ1n) is 6.70. The molecule has 2 aromatic carbocycles. The van der Waals surface area contributed by atoms with Crippen molar-refractivity contribution < 1.29 is 14.8 Å². The van der Waals surface area contributed by atoms with Crippen LogP contribution in [-0.4, -0.2) is 10.0 Å². The Balaban J connectivity index is 2.42. The number of aliphatic hydroxyl groups excluding tert-OH is 1. The van der Waals surface area contributed by atoms with E-state index in [-0.39, 0.29) is 18.0 Å². The van der Waals surface area contributed by atoms with Crippen LogP contribution in [-0.2, 0) is 13.0 Å². The predicted molar refractivity (Wildman–Crippen MR) is 79.7 cm³/mol. The number of nitro groups is 1. The summed E-state index contributed by atoms with van der Waals surface area (Å²) < 4.78 is 5.65. The first kappa shape index (κ1) is 15.0. The zero-order valence-corrected chi connectivity index (χ0v) is 12.0. The standard InChI is InChI=1S/C16H17NO4/c1-3-12-5-7-16(14(9-12)17(19)20)21-15-6-4-11(2)8-13(15)10-18/h4-9,18H,3,10H2,1-2H3. The summed E-state index contributed by atoms with van der Waals surface area (Å²) in [6, 6.07) is 10.2. The highest BCUT2D eigenvalue weighted by molar-refractivity contribution is 5.51. The second-order valence-corrected chi connectivity index (χ2v) is 4.78. The van der Waals surface area contributed by atoms with Gasteiger partial charge in [0, 0.05) is 11.6 Å². The molecule has 0 radical (unpaired) electrons. The van der Waals surface area contributed by atoms with Crippen LogP contribution in [0.15, 0.2) is 36.4 Å². The predicted octanol–water partition coefficient (Wildman–Crippen LogP) is 3.75. The first-order chi connectivity index (χ1) is 10.0. The van der Waals surface area contributed by atoms with E-state index in [1.54, 1.807) is 24.3 Å². The molecule has 0 spiro atoms.